The number of ether oxygens (including phenoxy) is 1. The Morgan fingerprint density at radius 2 is 1.97 bits per heavy atom. The van der Waals surface area contributed by atoms with Gasteiger partial charge in [0.2, 0.25) is 5.95 Å². The van der Waals surface area contributed by atoms with Gasteiger partial charge in [0.15, 0.2) is 5.82 Å². The van der Waals surface area contributed by atoms with Gasteiger partial charge in [-0.3, -0.25) is 4.31 Å². The van der Waals surface area contributed by atoms with Gasteiger partial charge in [-0.05, 0) is 30.7 Å². The zero-order valence-electron chi connectivity index (χ0n) is 17.5. The van der Waals surface area contributed by atoms with E-state index in [0.717, 1.165) is 30.0 Å². The third-order valence-electron chi connectivity index (χ3n) is 4.40. The second-order valence-corrected chi connectivity index (χ2v) is 7.77. The van der Waals surface area contributed by atoms with Crippen molar-refractivity contribution in [3.8, 4) is 5.75 Å². The average Bonchev–Trinajstić information content (AvgIpc) is 2.80. The van der Waals surface area contributed by atoms with E-state index in [-0.39, 0.29) is 11.9 Å². The van der Waals surface area contributed by atoms with Gasteiger partial charge in [-0.25, -0.2) is 9.19 Å². The minimum Gasteiger partial charge on any atom is -0.494 e. The van der Waals surface area contributed by atoms with Crippen LogP contribution in [0.2, 0.25) is 5.02 Å². The first-order valence-electron chi connectivity index (χ1n) is 9.70. The molecule has 0 bridgehead atoms. The van der Waals surface area contributed by atoms with Gasteiger partial charge < -0.3 is 20.7 Å². The molecule has 2 aromatic carbocycles. The number of benzene rings is 2. The third-order valence-corrected chi connectivity index (χ3v) is 5.14. The van der Waals surface area contributed by atoms with Gasteiger partial charge in [0.05, 0.1) is 30.4 Å². The molecule has 0 aliphatic heterocycles. The molecule has 0 saturated carbocycles. The van der Waals surface area contributed by atoms with Crippen molar-refractivity contribution >= 4 is 58.0 Å². The molecule has 0 spiro atoms. The van der Waals surface area contributed by atoms with Crippen LogP contribution in [0.1, 0.15) is 13.3 Å². The predicted molar refractivity (Wildman–Crippen MR) is 130 cm³/mol. The zero-order valence-corrected chi connectivity index (χ0v) is 19.2. The fourth-order valence-corrected chi connectivity index (χ4v) is 3.24. The Labute approximate surface area is 190 Å². The Morgan fingerprint density at radius 3 is 2.71 bits per heavy atom. The summed E-state index contributed by atoms with van der Waals surface area (Å²) in [5.74, 6) is 1.44. The topological polar surface area (TPSA) is 91.4 Å². The van der Waals surface area contributed by atoms with Crippen LogP contribution < -0.4 is 25.0 Å². The number of nitrogens with one attached hydrogen (secondary N) is 3. The van der Waals surface area contributed by atoms with E-state index in [1.54, 1.807) is 18.5 Å². The van der Waals surface area contributed by atoms with E-state index in [2.05, 4.69) is 32.8 Å². The smallest absolute Gasteiger partial charge is 0.229 e. The van der Waals surface area contributed by atoms with Crippen molar-refractivity contribution in [2.75, 3.05) is 41.0 Å². The molecule has 0 radical (unpaired) electrons. The van der Waals surface area contributed by atoms with Crippen molar-refractivity contribution in [3.63, 3.8) is 0 Å². The summed E-state index contributed by atoms with van der Waals surface area (Å²) in [6.07, 6.45) is 2.55. The molecule has 0 atom stereocenters. The summed E-state index contributed by atoms with van der Waals surface area (Å²) in [4.78, 5) is 8.77. The van der Waals surface area contributed by atoms with Crippen LogP contribution in [0.5, 0.6) is 5.75 Å². The summed E-state index contributed by atoms with van der Waals surface area (Å²) in [5, 5.41) is 10.1. The molecule has 0 aliphatic rings. The first-order valence-corrected chi connectivity index (χ1v) is 10.8. The van der Waals surface area contributed by atoms with Crippen LogP contribution in [0.3, 0.4) is 0 Å². The number of anilines is 6. The van der Waals surface area contributed by atoms with Gasteiger partial charge in [0, 0.05) is 25.3 Å². The van der Waals surface area contributed by atoms with Crippen LogP contribution in [0.4, 0.5) is 34.5 Å². The van der Waals surface area contributed by atoms with E-state index in [1.807, 2.05) is 42.5 Å². The minimum atomic E-state index is -0.123. The Bertz CT molecular complexity index is 1050. The van der Waals surface area contributed by atoms with E-state index in [1.165, 1.54) is 6.20 Å². The number of hydrogen-bond acceptors (Lipinski definition) is 7. The monoisotopic (exact) mass is 460 g/mol. The maximum Gasteiger partial charge on any atom is 0.229 e. The molecule has 0 saturated heterocycles. The van der Waals surface area contributed by atoms with Crippen LogP contribution in [-0.4, -0.2) is 34.9 Å². The highest BCUT2D eigenvalue weighted by Gasteiger charge is 2.12. The molecule has 3 N–H and O–H groups in total. The molecule has 0 unspecified atom stereocenters. The van der Waals surface area contributed by atoms with Crippen molar-refractivity contribution in [2.24, 2.45) is 0 Å². The molecule has 8 nitrogen and oxygen atoms in total. The van der Waals surface area contributed by atoms with Crippen LogP contribution in [0.15, 0.2) is 48.7 Å². The largest absolute Gasteiger partial charge is 0.494 e. The lowest BCUT2D eigenvalue weighted by Gasteiger charge is -2.17. The van der Waals surface area contributed by atoms with Crippen molar-refractivity contribution in [1.82, 2.24) is 9.97 Å². The zero-order chi connectivity index (χ0) is 22.2. The van der Waals surface area contributed by atoms with Crippen LogP contribution >= 0.6 is 11.6 Å². The van der Waals surface area contributed by atoms with Crippen LogP contribution in [0, 0.1) is 0 Å². The second kappa shape index (κ2) is 10.8. The number of para-hydroxylation sites is 2. The normalized spacial score (nSPS) is 10.5. The van der Waals surface area contributed by atoms with Gasteiger partial charge in [-0.2, -0.15) is 4.98 Å². The number of methoxy groups -OCH3 is 1. The molecule has 0 fully saturated rings. The van der Waals surface area contributed by atoms with E-state index in [9.17, 15) is 4.21 Å². The fourth-order valence-electron chi connectivity index (χ4n) is 2.84. The number of thiol groups is 1. The number of halogens is 1. The van der Waals surface area contributed by atoms with E-state index in [0.29, 0.717) is 28.2 Å². The first-order chi connectivity index (χ1) is 15.0. The fraction of sp³-hybridized carbons (Fsp3) is 0.238. The van der Waals surface area contributed by atoms with Gasteiger partial charge >= 0.3 is 0 Å². The highest BCUT2D eigenvalue weighted by molar-refractivity contribution is 7.67. The quantitative estimate of drug-likeness (QED) is 0.325. The van der Waals surface area contributed by atoms with E-state index < -0.39 is 0 Å². The van der Waals surface area contributed by atoms with Gasteiger partial charge in [-0.1, -0.05) is 30.7 Å². The minimum absolute atomic E-state index is 0.123. The molecular weight excluding hydrogens is 436 g/mol. The molecule has 0 aliphatic carbocycles. The number of aromatic nitrogens is 2. The molecule has 31 heavy (non-hydrogen) atoms. The van der Waals surface area contributed by atoms with E-state index >= 15 is 0 Å². The van der Waals surface area contributed by atoms with Crippen molar-refractivity contribution in [1.29, 1.82) is 0 Å². The third kappa shape index (κ3) is 5.77. The Kier molecular flexibility index (Phi) is 7.91. The predicted octanol–water partition coefficient (Wildman–Crippen LogP) is 4.74. The van der Waals surface area contributed by atoms with Crippen LogP contribution in [-0.2, 0) is 11.9 Å². The van der Waals surface area contributed by atoms with E-state index in [4.69, 9.17) is 16.3 Å². The lowest BCUT2D eigenvalue weighted by molar-refractivity contribution is 0.417. The van der Waals surface area contributed by atoms with Crippen molar-refractivity contribution in [2.45, 2.75) is 13.3 Å². The summed E-state index contributed by atoms with van der Waals surface area (Å²) in [6, 6.07) is 13.2. The van der Waals surface area contributed by atoms with Gasteiger partial charge in [-0.15, -0.1) is 0 Å². The van der Waals surface area contributed by atoms with Crippen molar-refractivity contribution in [3.05, 3.63) is 53.7 Å². The Hall–Kier alpha value is -3.04. The second-order valence-electron chi connectivity index (χ2n) is 6.60. The molecule has 10 heteroatoms. The lowest BCUT2D eigenvalue weighted by Crippen LogP contribution is -2.12. The molecule has 1 heterocycles. The Morgan fingerprint density at radius 1 is 1.16 bits per heavy atom. The molecule has 3 aromatic rings. The number of hydrogen-bond donors (Lipinski definition) is 4. The number of rotatable bonds is 10. The molecule has 0 amide bonds. The molecule has 3 rings (SSSR count). The van der Waals surface area contributed by atoms with Crippen LogP contribution in [0.25, 0.3) is 0 Å². The molecule has 164 valence electrons. The maximum absolute atomic E-state index is 11.3. The van der Waals surface area contributed by atoms with Crippen molar-refractivity contribution < 1.29 is 8.95 Å². The molecule has 1 aromatic heterocycles. The summed E-state index contributed by atoms with van der Waals surface area (Å²) in [6.45, 7) is 2.99. The summed E-state index contributed by atoms with van der Waals surface area (Å²) >= 11 is 6.19. The highest BCUT2D eigenvalue weighted by Crippen LogP contribution is 2.33. The lowest BCUT2D eigenvalue weighted by atomic mass is 10.2. The standard InChI is InChI=1S/C21H25ClN6O2S/c1-4-11-23-14-9-10-17(19(12-14)30-3)26-21-24-13-15(22)20(27-21)25-16-7-5-6-8-18(16)28(2)31-29/h5-10,12-13,23,31H,4,11H2,1-3H3,(H2,24,25,26,27). The first kappa shape index (κ1) is 22.6. The Balaban J connectivity index is 1.85. The average molecular weight is 461 g/mol. The van der Waals surface area contributed by atoms with Gasteiger partial charge in [0.25, 0.3) is 0 Å². The highest BCUT2D eigenvalue weighted by atomic mass is 35.5. The summed E-state index contributed by atoms with van der Waals surface area (Å²) < 4.78 is 18.4. The maximum atomic E-state index is 11.3. The summed E-state index contributed by atoms with van der Waals surface area (Å²) in [5.41, 5.74) is 3.15. The number of nitrogens with zero attached hydrogens (tertiary/aromatic N) is 3. The molecular formula is C21H25ClN6O2S. The SMILES string of the molecule is CCCNc1ccc(Nc2ncc(Cl)c(Nc3ccccc3N(C)[SH]=O)n2)c(OC)c1. The summed E-state index contributed by atoms with van der Waals surface area (Å²) in [7, 11) is 3.33. The van der Waals surface area contributed by atoms with Gasteiger partial charge in [0.1, 0.15) is 22.6 Å².